The van der Waals surface area contributed by atoms with Crippen LogP contribution in [0.25, 0.3) is 0 Å². The molecule has 1 aliphatic rings. The molecule has 0 unspecified atom stereocenters. The summed E-state index contributed by atoms with van der Waals surface area (Å²) in [5.74, 6) is 3.00. The minimum absolute atomic E-state index is 0.424. The van der Waals surface area contributed by atoms with E-state index < -0.39 is 17.2 Å². The minimum Gasteiger partial charge on any atom is -0.496 e. The van der Waals surface area contributed by atoms with E-state index in [1.807, 2.05) is 0 Å². The highest BCUT2D eigenvalue weighted by Crippen LogP contribution is 2.51. The minimum atomic E-state index is -4.36. The molecule has 0 heterocycles. The SMILES string of the molecule is C#CC1(c2cc(C(F)(F)F)ccc2OC)CC1. The normalized spacial score (nSPS) is 17.4. The summed E-state index contributed by atoms with van der Waals surface area (Å²) < 4.78 is 42.9. The van der Waals surface area contributed by atoms with Crippen LogP contribution in [0.15, 0.2) is 18.2 Å². The van der Waals surface area contributed by atoms with E-state index in [1.165, 1.54) is 13.2 Å². The van der Waals surface area contributed by atoms with Gasteiger partial charge in [-0.2, -0.15) is 13.2 Å². The quantitative estimate of drug-likeness (QED) is 0.720. The first-order valence-electron chi connectivity index (χ1n) is 5.16. The predicted molar refractivity (Wildman–Crippen MR) is 57.7 cm³/mol. The maximum Gasteiger partial charge on any atom is 0.416 e. The van der Waals surface area contributed by atoms with Gasteiger partial charge in [-0.1, -0.05) is 5.92 Å². The van der Waals surface area contributed by atoms with Gasteiger partial charge < -0.3 is 4.74 Å². The molecule has 1 aromatic rings. The van der Waals surface area contributed by atoms with Gasteiger partial charge >= 0.3 is 6.18 Å². The average molecular weight is 240 g/mol. The first kappa shape index (κ1) is 11.8. The van der Waals surface area contributed by atoms with Crippen LogP contribution in [0.1, 0.15) is 24.0 Å². The first-order valence-corrected chi connectivity index (χ1v) is 5.16. The number of hydrogen-bond acceptors (Lipinski definition) is 1. The van der Waals surface area contributed by atoms with Crippen LogP contribution >= 0.6 is 0 Å². The second-order valence-corrected chi connectivity index (χ2v) is 4.14. The molecule has 90 valence electrons. The molecule has 0 saturated heterocycles. The number of ether oxygens (including phenoxy) is 1. The lowest BCUT2D eigenvalue weighted by molar-refractivity contribution is -0.137. The maximum atomic E-state index is 12.6. The van der Waals surface area contributed by atoms with Crippen molar-refractivity contribution in [3.63, 3.8) is 0 Å². The van der Waals surface area contributed by atoms with Crippen molar-refractivity contribution in [3.05, 3.63) is 29.3 Å². The highest BCUT2D eigenvalue weighted by atomic mass is 19.4. The van der Waals surface area contributed by atoms with Crippen LogP contribution in [0.4, 0.5) is 13.2 Å². The summed E-state index contributed by atoms with van der Waals surface area (Å²) in [7, 11) is 1.43. The molecule has 1 nitrogen and oxygen atoms in total. The Morgan fingerprint density at radius 1 is 1.35 bits per heavy atom. The van der Waals surface area contributed by atoms with Gasteiger partial charge in [0.1, 0.15) is 5.75 Å². The van der Waals surface area contributed by atoms with Crippen molar-refractivity contribution < 1.29 is 17.9 Å². The van der Waals surface area contributed by atoms with Crippen molar-refractivity contribution in [2.24, 2.45) is 0 Å². The molecule has 17 heavy (non-hydrogen) atoms. The molecular weight excluding hydrogens is 229 g/mol. The van der Waals surface area contributed by atoms with E-state index >= 15 is 0 Å². The summed E-state index contributed by atoms with van der Waals surface area (Å²) in [6, 6.07) is 3.44. The molecule has 0 amide bonds. The molecule has 0 spiro atoms. The summed E-state index contributed by atoms with van der Waals surface area (Å²) in [5.41, 5.74) is -0.778. The zero-order valence-corrected chi connectivity index (χ0v) is 9.27. The van der Waals surface area contributed by atoms with Crippen LogP contribution in [0.2, 0.25) is 0 Å². The molecule has 0 aromatic heterocycles. The number of rotatable bonds is 2. The Kier molecular flexibility index (Phi) is 2.57. The lowest BCUT2D eigenvalue weighted by atomic mass is 9.94. The van der Waals surface area contributed by atoms with E-state index in [9.17, 15) is 13.2 Å². The molecule has 0 radical (unpaired) electrons. The molecule has 0 atom stereocenters. The average Bonchev–Trinajstić information content (AvgIpc) is 3.08. The van der Waals surface area contributed by atoms with Gasteiger partial charge in [-0.25, -0.2) is 0 Å². The van der Waals surface area contributed by atoms with Crippen LogP contribution in [-0.2, 0) is 11.6 Å². The number of hydrogen-bond donors (Lipinski definition) is 0. The van der Waals surface area contributed by atoms with Gasteiger partial charge in [0.15, 0.2) is 0 Å². The van der Waals surface area contributed by atoms with Crippen LogP contribution in [0.5, 0.6) is 5.75 Å². The van der Waals surface area contributed by atoms with Gasteiger partial charge in [0, 0.05) is 5.56 Å². The zero-order valence-electron chi connectivity index (χ0n) is 9.27. The summed E-state index contributed by atoms with van der Waals surface area (Å²) >= 11 is 0. The number of terminal acetylenes is 1. The van der Waals surface area contributed by atoms with Crippen molar-refractivity contribution >= 4 is 0 Å². The molecule has 2 rings (SSSR count). The van der Waals surface area contributed by atoms with Gasteiger partial charge in [0.25, 0.3) is 0 Å². The van der Waals surface area contributed by atoms with Crippen molar-refractivity contribution in [2.45, 2.75) is 24.4 Å². The van der Waals surface area contributed by atoms with Crippen LogP contribution in [0, 0.1) is 12.3 Å². The Hall–Kier alpha value is -1.63. The number of halogens is 3. The molecule has 1 aliphatic carbocycles. The molecule has 0 aliphatic heterocycles. The van der Waals surface area contributed by atoms with E-state index in [-0.39, 0.29) is 0 Å². The molecule has 1 fully saturated rings. The summed E-state index contributed by atoms with van der Waals surface area (Å²) in [5, 5.41) is 0. The van der Waals surface area contributed by atoms with Gasteiger partial charge in [-0.05, 0) is 31.0 Å². The van der Waals surface area contributed by atoms with E-state index in [2.05, 4.69) is 5.92 Å². The monoisotopic (exact) mass is 240 g/mol. The molecule has 1 aromatic carbocycles. The van der Waals surface area contributed by atoms with Crippen molar-refractivity contribution in [2.75, 3.05) is 7.11 Å². The first-order chi connectivity index (χ1) is 7.93. The predicted octanol–water partition coefficient (Wildman–Crippen LogP) is 3.38. The highest BCUT2D eigenvalue weighted by molar-refractivity contribution is 5.51. The topological polar surface area (TPSA) is 9.23 Å². The fourth-order valence-electron chi connectivity index (χ4n) is 1.87. The molecule has 0 bridgehead atoms. The zero-order chi connectivity index (χ0) is 12.7. The number of benzene rings is 1. The number of methoxy groups -OCH3 is 1. The summed E-state index contributed by atoms with van der Waals surface area (Å²) in [6.45, 7) is 0. The molecule has 4 heteroatoms. The van der Waals surface area contributed by atoms with Gasteiger partial charge in [-0.15, -0.1) is 6.42 Å². The Labute approximate surface area is 97.6 Å². The number of alkyl halides is 3. The Morgan fingerprint density at radius 2 is 2.00 bits per heavy atom. The van der Waals surface area contributed by atoms with E-state index in [0.29, 0.717) is 24.2 Å². The third-order valence-corrected chi connectivity index (χ3v) is 3.07. The molecular formula is C13H11F3O. The Bertz CT molecular complexity index is 478. The third kappa shape index (κ3) is 1.97. The fourth-order valence-corrected chi connectivity index (χ4v) is 1.87. The largest absolute Gasteiger partial charge is 0.496 e. The molecule has 1 saturated carbocycles. The van der Waals surface area contributed by atoms with Gasteiger partial charge in [0.2, 0.25) is 0 Å². The lowest BCUT2D eigenvalue weighted by Crippen LogP contribution is -2.10. The van der Waals surface area contributed by atoms with Crippen molar-refractivity contribution in [3.8, 4) is 18.1 Å². The Balaban J connectivity index is 2.53. The highest BCUT2D eigenvalue weighted by Gasteiger charge is 2.46. The van der Waals surface area contributed by atoms with E-state index in [4.69, 9.17) is 11.2 Å². The Morgan fingerprint density at radius 3 is 2.41 bits per heavy atom. The standard InChI is InChI=1S/C13H11F3O/c1-3-12(6-7-12)10-8-9(13(14,15)16)4-5-11(10)17-2/h1,4-5,8H,6-7H2,2H3. The van der Waals surface area contributed by atoms with Crippen LogP contribution in [-0.4, -0.2) is 7.11 Å². The smallest absolute Gasteiger partial charge is 0.416 e. The summed E-state index contributed by atoms with van der Waals surface area (Å²) in [4.78, 5) is 0. The fraction of sp³-hybridized carbons (Fsp3) is 0.385. The van der Waals surface area contributed by atoms with Crippen LogP contribution in [0.3, 0.4) is 0 Å². The van der Waals surface area contributed by atoms with Crippen molar-refractivity contribution in [1.82, 2.24) is 0 Å². The van der Waals surface area contributed by atoms with Crippen molar-refractivity contribution in [1.29, 1.82) is 0 Å². The summed E-state index contributed by atoms with van der Waals surface area (Å²) in [6.07, 6.45) is 2.46. The van der Waals surface area contributed by atoms with Crippen LogP contribution < -0.4 is 4.74 Å². The van der Waals surface area contributed by atoms with E-state index in [1.54, 1.807) is 0 Å². The lowest BCUT2D eigenvalue weighted by Gasteiger charge is -2.16. The second kappa shape index (κ2) is 3.69. The van der Waals surface area contributed by atoms with Gasteiger partial charge in [0.05, 0.1) is 18.1 Å². The van der Waals surface area contributed by atoms with Gasteiger partial charge in [-0.3, -0.25) is 0 Å². The van der Waals surface area contributed by atoms with E-state index in [0.717, 1.165) is 12.1 Å². The third-order valence-electron chi connectivity index (χ3n) is 3.07. The second-order valence-electron chi connectivity index (χ2n) is 4.14. The molecule has 0 N–H and O–H groups in total. The maximum absolute atomic E-state index is 12.6.